The van der Waals surface area contributed by atoms with Crippen molar-refractivity contribution >= 4 is 55.2 Å². The number of benzene rings is 6. The van der Waals surface area contributed by atoms with E-state index in [1.165, 1.54) is 24.3 Å². The fourth-order valence-corrected chi connectivity index (χ4v) is 18.7. The van der Waals surface area contributed by atoms with Gasteiger partial charge in [-0.1, -0.05) is 121 Å². The molecule has 7 rings (SSSR count). The van der Waals surface area contributed by atoms with Crippen molar-refractivity contribution in [1.29, 1.82) is 0 Å². The summed E-state index contributed by atoms with van der Waals surface area (Å²) in [7, 11) is -10.2. The molecule has 0 fully saturated rings. The van der Waals surface area contributed by atoms with Gasteiger partial charge in [-0.2, -0.15) is 9.03 Å². The second-order valence-electron chi connectivity index (χ2n) is 11.1. The van der Waals surface area contributed by atoms with Crippen LogP contribution in [0.25, 0.3) is 0 Å². The lowest BCUT2D eigenvalue weighted by Gasteiger charge is -2.36. The van der Waals surface area contributed by atoms with E-state index in [1.54, 1.807) is 24.3 Å². The van der Waals surface area contributed by atoms with Crippen LogP contribution in [-0.2, 0) is 0 Å². The summed E-state index contributed by atoms with van der Waals surface area (Å²) in [5.74, 6) is -1.53. The molecule has 12 heteroatoms. The molecule has 0 bridgehead atoms. The van der Waals surface area contributed by atoms with Crippen molar-refractivity contribution in [1.82, 2.24) is 0 Å². The van der Waals surface area contributed by atoms with Crippen LogP contribution in [0.3, 0.4) is 0 Å². The predicted molar refractivity (Wildman–Crippen MR) is 200 cm³/mol. The van der Waals surface area contributed by atoms with Gasteiger partial charge in [0, 0.05) is 21.2 Å². The van der Waals surface area contributed by atoms with Crippen LogP contribution in [0, 0.1) is 0 Å². The van der Waals surface area contributed by atoms with Crippen LogP contribution >= 0.6 is 22.1 Å². The second kappa shape index (κ2) is 13.8. The highest BCUT2D eigenvalue weighted by atomic mass is 31.3. The molecule has 0 aromatic heterocycles. The van der Waals surface area contributed by atoms with Crippen LogP contribution in [0.15, 0.2) is 183 Å². The van der Waals surface area contributed by atoms with E-state index in [0.29, 0.717) is 11.5 Å². The minimum absolute atomic E-state index is 0.0910. The van der Waals surface area contributed by atoms with Gasteiger partial charge >= 0.3 is 19.6 Å². The van der Waals surface area contributed by atoms with Gasteiger partial charge in [0.05, 0.1) is 11.1 Å². The van der Waals surface area contributed by atoms with E-state index in [-0.39, 0.29) is 11.1 Å². The van der Waals surface area contributed by atoms with Crippen molar-refractivity contribution in [2.75, 3.05) is 0 Å². The first-order valence-electron chi connectivity index (χ1n) is 15.5. The monoisotopic (exact) mass is 717 g/mol. The zero-order chi connectivity index (χ0) is 34.6. The van der Waals surface area contributed by atoms with Gasteiger partial charge < -0.3 is 19.3 Å². The molecule has 50 heavy (non-hydrogen) atoms. The van der Waals surface area contributed by atoms with Crippen molar-refractivity contribution in [2.45, 2.75) is 0 Å². The Hall–Kier alpha value is -5.45. The molecule has 0 saturated heterocycles. The van der Waals surface area contributed by atoms with Crippen LogP contribution in [-0.4, -0.2) is 22.2 Å². The van der Waals surface area contributed by atoms with Gasteiger partial charge in [0.15, 0.2) is 0 Å². The first-order valence-corrected chi connectivity index (χ1v) is 20.4. The number of nitrogens with zero attached hydrogens (tertiary/aromatic N) is 3. The third kappa shape index (κ3) is 6.47. The number of carbonyl (C=O) groups is 2. The number of aromatic carboxylic acids is 2. The number of hydrogen-bond acceptors (Lipinski definition) is 7. The van der Waals surface area contributed by atoms with Crippen molar-refractivity contribution in [3.05, 3.63) is 181 Å². The van der Waals surface area contributed by atoms with Crippen molar-refractivity contribution < 1.29 is 28.8 Å². The molecule has 6 aromatic carbocycles. The number of rotatable bonds is 10. The molecule has 0 unspecified atom stereocenters. The normalized spacial score (nSPS) is 15.3. The molecule has 9 nitrogen and oxygen atoms in total. The molecule has 248 valence electrons. The summed E-state index contributed by atoms with van der Waals surface area (Å²) in [6.45, 7) is 0. The molecular formula is C38H30N3O6P3. The summed E-state index contributed by atoms with van der Waals surface area (Å²) in [6, 6.07) is 51.6. The molecule has 0 aliphatic carbocycles. The maximum absolute atomic E-state index is 11.7. The van der Waals surface area contributed by atoms with Gasteiger partial charge in [0.2, 0.25) is 0 Å². The number of carboxylic acids is 2. The second-order valence-corrected chi connectivity index (χ2v) is 19.1. The number of hydrogen-bond donors (Lipinski definition) is 2. The first-order chi connectivity index (χ1) is 24.3. The summed E-state index contributed by atoms with van der Waals surface area (Å²) in [4.78, 5) is 23.5. The standard InChI is InChI=1S/C38H30N3O6P3/c42-37(43)29-21-25-31(26-22-29)46-50(47-32-27-23-30(24-28-32)38(44)45)40-48(33-13-5-1-6-14-33,34-15-7-2-8-16-34)39-49(41-50,35-17-9-3-10-18-35)36-19-11-4-12-20-36/h1-28H,(H,42,43)(H,44,45). The molecule has 0 spiro atoms. The van der Waals surface area contributed by atoms with Crippen LogP contribution < -0.4 is 30.3 Å². The Morgan fingerprint density at radius 1 is 0.400 bits per heavy atom. The topological polar surface area (TPSA) is 130 Å². The predicted octanol–water partition coefficient (Wildman–Crippen LogP) is 9.04. The first kappa shape index (κ1) is 33.1. The summed E-state index contributed by atoms with van der Waals surface area (Å²) in [6.07, 6.45) is 0. The molecular weight excluding hydrogens is 687 g/mol. The lowest BCUT2D eigenvalue weighted by atomic mass is 10.2. The summed E-state index contributed by atoms with van der Waals surface area (Å²) in [5, 5.41) is 22.7. The Balaban J connectivity index is 1.65. The minimum Gasteiger partial charge on any atom is -0.478 e. The molecule has 1 heterocycles. The van der Waals surface area contributed by atoms with E-state index in [4.69, 9.17) is 22.6 Å². The van der Waals surface area contributed by atoms with Crippen LogP contribution in [0.2, 0.25) is 0 Å². The van der Waals surface area contributed by atoms with E-state index < -0.39 is 34.0 Å². The van der Waals surface area contributed by atoms with Crippen molar-refractivity contribution in [3.63, 3.8) is 0 Å². The summed E-state index contributed by atoms with van der Waals surface area (Å²) >= 11 is 0. The van der Waals surface area contributed by atoms with E-state index in [9.17, 15) is 19.8 Å². The average molecular weight is 718 g/mol. The smallest absolute Gasteiger partial charge is 0.450 e. The molecule has 0 radical (unpaired) electrons. The highest BCUT2D eigenvalue weighted by Gasteiger charge is 2.44. The Bertz CT molecular complexity index is 2100. The van der Waals surface area contributed by atoms with Crippen LogP contribution in [0.1, 0.15) is 20.7 Å². The van der Waals surface area contributed by atoms with Crippen molar-refractivity contribution in [3.8, 4) is 11.5 Å². The van der Waals surface area contributed by atoms with Crippen LogP contribution in [0.4, 0.5) is 0 Å². The van der Waals surface area contributed by atoms with E-state index >= 15 is 0 Å². The average Bonchev–Trinajstić information content (AvgIpc) is 3.16. The number of carboxylic acid groups (broad SMARTS) is 2. The molecule has 2 N–H and O–H groups in total. The van der Waals surface area contributed by atoms with Gasteiger partial charge in [0.1, 0.15) is 25.9 Å². The maximum atomic E-state index is 11.7. The van der Waals surface area contributed by atoms with Crippen molar-refractivity contribution in [2.24, 2.45) is 13.5 Å². The van der Waals surface area contributed by atoms with Gasteiger partial charge in [-0.15, -0.1) is 0 Å². The van der Waals surface area contributed by atoms with E-state index in [1.807, 2.05) is 121 Å². The molecule has 0 atom stereocenters. The maximum Gasteiger partial charge on any atom is 0.450 e. The van der Waals surface area contributed by atoms with E-state index in [2.05, 4.69) is 0 Å². The molecule has 0 saturated carbocycles. The van der Waals surface area contributed by atoms with E-state index in [0.717, 1.165) is 21.2 Å². The van der Waals surface area contributed by atoms with Crippen LogP contribution in [0.5, 0.6) is 11.5 Å². The largest absolute Gasteiger partial charge is 0.478 e. The molecule has 1 aliphatic heterocycles. The fraction of sp³-hybridized carbons (Fsp3) is 0. The van der Waals surface area contributed by atoms with Gasteiger partial charge in [-0.3, -0.25) is 0 Å². The lowest BCUT2D eigenvalue weighted by molar-refractivity contribution is 0.0686. The molecule has 1 aliphatic rings. The molecule has 6 aromatic rings. The minimum atomic E-state index is -3.86. The van der Waals surface area contributed by atoms with Gasteiger partial charge in [-0.05, 0) is 48.5 Å². The summed E-state index contributed by atoms with van der Waals surface area (Å²) < 4.78 is 30.8. The Morgan fingerprint density at radius 2 is 0.700 bits per heavy atom. The fourth-order valence-electron chi connectivity index (χ4n) is 5.51. The van der Waals surface area contributed by atoms with Gasteiger partial charge in [-0.25, -0.2) is 14.1 Å². The third-order valence-electron chi connectivity index (χ3n) is 7.86. The SMILES string of the molecule is O=C(O)c1ccc(OP2(Oc3ccc(C(=O)O)cc3)=NP(c3ccccc3)(c3ccccc3)=NP(c3ccccc3)(c3ccccc3)=N2)cc1. The highest BCUT2D eigenvalue weighted by molar-refractivity contribution is 7.95. The zero-order valence-electron chi connectivity index (χ0n) is 26.4. The van der Waals surface area contributed by atoms with Gasteiger partial charge in [0.25, 0.3) is 0 Å². The Morgan fingerprint density at radius 3 is 1.00 bits per heavy atom. The quantitative estimate of drug-likeness (QED) is 0.136. The molecule has 0 amide bonds. The third-order valence-corrected chi connectivity index (χ3v) is 18.8. The zero-order valence-corrected chi connectivity index (χ0v) is 29.1. The summed E-state index contributed by atoms with van der Waals surface area (Å²) in [5.41, 5.74) is 0.182. The highest BCUT2D eigenvalue weighted by Crippen LogP contribution is 2.77. The Labute approximate surface area is 289 Å². The lowest BCUT2D eigenvalue weighted by Crippen LogP contribution is -2.22. The Kier molecular flexibility index (Phi) is 9.14.